The molecule has 0 aromatic heterocycles. The first-order chi connectivity index (χ1) is 10.2. The van der Waals surface area contributed by atoms with Gasteiger partial charge in [0, 0.05) is 6.07 Å². The third-order valence-corrected chi connectivity index (χ3v) is 4.23. The van der Waals surface area contributed by atoms with Crippen molar-refractivity contribution in [2.24, 2.45) is 0 Å². The molecule has 3 nitrogen and oxygen atoms in total. The lowest BCUT2D eigenvalue weighted by Gasteiger charge is -2.19. The average Bonchev–Trinajstić information content (AvgIpc) is 2.91. The summed E-state index contributed by atoms with van der Waals surface area (Å²) in [6.07, 6.45) is 2.17. The van der Waals surface area contributed by atoms with E-state index in [2.05, 4.69) is 29.6 Å². The minimum atomic E-state index is 0.291. The minimum absolute atomic E-state index is 0.291. The van der Waals surface area contributed by atoms with E-state index in [0.717, 1.165) is 24.3 Å². The Labute approximate surface area is 129 Å². The third kappa shape index (κ3) is 2.66. The van der Waals surface area contributed by atoms with E-state index in [-0.39, 0.29) is 0 Å². The first-order valence-corrected chi connectivity index (χ1v) is 7.36. The summed E-state index contributed by atoms with van der Waals surface area (Å²) in [7, 11) is 3.25. The van der Waals surface area contributed by atoms with Gasteiger partial charge in [-0.2, -0.15) is 0 Å². The van der Waals surface area contributed by atoms with Gasteiger partial charge in [-0.15, -0.1) is 0 Å². The third-order valence-electron chi connectivity index (χ3n) is 3.94. The molecule has 2 aromatic carbocycles. The number of halogens is 1. The van der Waals surface area contributed by atoms with Gasteiger partial charge in [-0.05, 0) is 30.0 Å². The molecule has 3 rings (SSSR count). The number of benzene rings is 2. The zero-order chi connectivity index (χ0) is 14.8. The fraction of sp³-hybridized carbons (Fsp3) is 0.294. The standard InChI is InChI=1S/C17H18ClNO2/c1-20-16-10-17(21-2)15(9-13(16)18)19-14-8-7-11-5-3-4-6-12(11)14/h3-6,9-10,14,19H,7-8H2,1-2H3. The van der Waals surface area contributed by atoms with Crippen LogP contribution in [0, 0.1) is 0 Å². The molecule has 110 valence electrons. The Hall–Kier alpha value is -1.87. The van der Waals surface area contributed by atoms with Crippen LogP contribution in [0.1, 0.15) is 23.6 Å². The minimum Gasteiger partial charge on any atom is -0.495 e. The molecule has 0 saturated heterocycles. The summed E-state index contributed by atoms with van der Waals surface area (Å²) < 4.78 is 10.7. The van der Waals surface area contributed by atoms with E-state index in [0.29, 0.717) is 16.8 Å². The molecule has 1 atom stereocenters. The molecule has 4 heteroatoms. The Bertz CT molecular complexity index is 657. The smallest absolute Gasteiger partial charge is 0.145 e. The number of nitrogens with one attached hydrogen (secondary N) is 1. The van der Waals surface area contributed by atoms with E-state index in [1.807, 2.05) is 12.1 Å². The van der Waals surface area contributed by atoms with Crippen molar-refractivity contribution in [2.45, 2.75) is 18.9 Å². The van der Waals surface area contributed by atoms with Crippen molar-refractivity contribution in [1.29, 1.82) is 0 Å². The molecule has 0 fully saturated rings. The highest BCUT2D eigenvalue weighted by Gasteiger charge is 2.23. The van der Waals surface area contributed by atoms with Gasteiger partial charge in [-0.25, -0.2) is 0 Å². The second-order valence-electron chi connectivity index (χ2n) is 5.12. The van der Waals surface area contributed by atoms with Crippen LogP contribution in [0.4, 0.5) is 5.69 Å². The maximum absolute atomic E-state index is 6.22. The van der Waals surface area contributed by atoms with Crippen LogP contribution in [0.15, 0.2) is 36.4 Å². The molecule has 1 aliphatic carbocycles. The maximum Gasteiger partial charge on any atom is 0.145 e. The highest BCUT2D eigenvalue weighted by molar-refractivity contribution is 6.32. The van der Waals surface area contributed by atoms with Crippen LogP contribution in [0.25, 0.3) is 0 Å². The average molecular weight is 304 g/mol. The second kappa shape index (κ2) is 5.86. The van der Waals surface area contributed by atoms with Gasteiger partial charge >= 0.3 is 0 Å². The van der Waals surface area contributed by atoms with Gasteiger partial charge in [0.1, 0.15) is 11.5 Å². The zero-order valence-corrected chi connectivity index (χ0v) is 12.9. The maximum atomic E-state index is 6.22. The lowest BCUT2D eigenvalue weighted by atomic mass is 10.1. The van der Waals surface area contributed by atoms with Crippen LogP contribution >= 0.6 is 11.6 Å². The van der Waals surface area contributed by atoms with Gasteiger partial charge in [0.25, 0.3) is 0 Å². The van der Waals surface area contributed by atoms with Crippen LogP contribution < -0.4 is 14.8 Å². The Kier molecular flexibility index (Phi) is 3.93. The van der Waals surface area contributed by atoms with Gasteiger partial charge in [0.05, 0.1) is 31.0 Å². The van der Waals surface area contributed by atoms with E-state index in [1.165, 1.54) is 11.1 Å². The molecule has 2 aromatic rings. The number of hydrogen-bond donors (Lipinski definition) is 1. The number of ether oxygens (including phenoxy) is 2. The van der Waals surface area contributed by atoms with Gasteiger partial charge < -0.3 is 14.8 Å². The van der Waals surface area contributed by atoms with E-state index in [4.69, 9.17) is 21.1 Å². The van der Waals surface area contributed by atoms with E-state index in [9.17, 15) is 0 Å². The van der Waals surface area contributed by atoms with Crippen molar-refractivity contribution >= 4 is 17.3 Å². The van der Waals surface area contributed by atoms with E-state index >= 15 is 0 Å². The zero-order valence-electron chi connectivity index (χ0n) is 12.2. The number of fused-ring (bicyclic) bond motifs is 1. The molecule has 1 N–H and O–H groups in total. The molecule has 21 heavy (non-hydrogen) atoms. The first kappa shape index (κ1) is 14.1. The van der Waals surface area contributed by atoms with Crippen LogP contribution in [-0.2, 0) is 6.42 Å². The SMILES string of the molecule is COc1cc(OC)c(NC2CCc3ccccc32)cc1Cl. The Morgan fingerprint density at radius 2 is 1.86 bits per heavy atom. The predicted molar refractivity (Wildman–Crippen MR) is 85.7 cm³/mol. The molecule has 0 spiro atoms. The molecule has 0 saturated carbocycles. The topological polar surface area (TPSA) is 30.5 Å². The van der Waals surface area contributed by atoms with Crippen molar-refractivity contribution < 1.29 is 9.47 Å². The molecular formula is C17H18ClNO2. The Morgan fingerprint density at radius 3 is 2.62 bits per heavy atom. The monoisotopic (exact) mass is 303 g/mol. The lowest BCUT2D eigenvalue weighted by Crippen LogP contribution is -2.08. The predicted octanol–water partition coefficient (Wildman–Crippen LogP) is 4.46. The fourth-order valence-corrected chi connectivity index (χ4v) is 3.11. The number of aryl methyl sites for hydroxylation is 1. The van der Waals surface area contributed by atoms with Gasteiger partial charge in [-0.3, -0.25) is 0 Å². The van der Waals surface area contributed by atoms with Crippen molar-refractivity contribution in [2.75, 3.05) is 19.5 Å². The fourth-order valence-electron chi connectivity index (χ4n) is 2.87. The first-order valence-electron chi connectivity index (χ1n) is 6.98. The molecule has 1 aliphatic rings. The van der Waals surface area contributed by atoms with Crippen LogP contribution in [0.5, 0.6) is 11.5 Å². The molecule has 0 aliphatic heterocycles. The van der Waals surface area contributed by atoms with Crippen LogP contribution in [0.3, 0.4) is 0 Å². The Balaban J connectivity index is 1.91. The summed E-state index contributed by atoms with van der Waals surface area (Å²) in [4.78, 5) is 0. The molecule has 0 radical (unpaired) electrons. The normalized spacial score (nSPS) is 16.4. The van der Waals surface area contributed by atoms with Gasteiger partial charge in [0.2, 0.25) is 0 Å². The number of methoxy groups -OCH3 is 2. The quantitative estimate of drug-likeness (QED) is 0.905. The van der Waals surface area contributed by atoms with E-state index < -0.39 is 0 Å². The molecule has 1 unspecified atom stereocenters. The molecular weight excluding hydrogens is 286 g/mol. The lowest BCUT2D eigenvalue weighted by molar-refractivity contribution is 0.395. The summed E-state index contributed by atoms with van der Waals surface area (Å²) in [5.41, 5.74) is 3.66. The molecule has 0 amide bonds. The van der Waals surface area contributed by atoms with Gasteiger partial charge in [-0.1, -0.05) is 35.9 Å². The number of anilines is 1. The van der Waals surface area contributed by atoms with Crippen LogP contribution in [-0.4, -0.2) is 14.2 Å². The van der Waals surface area contributed by atoms with Crippen molar-refractivity contribution in [1.82, 2.24) is 0 Å². The summed E-state index contributed by atoms with van der Waals surface area (Å²) in [5.74, 6) is 1.35. The number of rotatable bonds is 4. The van der Waals surface area contributed by atoms with Crippen molar-refractivity contribution in [3.8, 4) is 11.5 Å². The summed E-state index contributed by atoms with van der Waals surface area (Å²) in [6.45, 7) is 0. The second-order valence-corrected chi connectivity index (χ2v) is 5.53. The van der Waals surface area contributed by atoms with Crippen molar-refractivity contribution in [3.05, 3.63) is 52.5 Å². The summed E-state index contributed by atoms with van der Waals surface area (Å²) >= 11 is 6.22. The van der Waals surface area contributed by atoms with Crippen LogP contribution in [0.2, 0.25) is 5.02 Å². The Morgan fingerprint density at radius 1 is 1.10 bits per heavy atom. The molecule has 0 bridgehead atoms. The van der Waals surface area contributed by atoms with Gasteiger partial charge in [0.15, 0.2) is 0 Å². The highest BCUT2D eigenvalue weighted by atomic mass is 35.5. The highest BCUT2D eigenvalue weighted by Crippen LogP contribution is 2.40. The van der Waals surface area contributed by atoms with E-state index in [1.54, 1.807) is 14.2 Å². The molecule has 0 heterocycles. The largest absolute Gasteiger partial charge is 0.495 e. The number of hydrogen-bond acceptors (Lipinski definition) is 3. The summed E-state index contributed by atoms with van der Waals surface area (Å²) in [5, 5.41) is 4.12. The summed E-state index contributed by atoms with van der Waals surface area (Å²) in [6, 6.07) is 12.5. The van der Waals surface area contributed by atoms with Crippen molar-refractivity contribution in [3.63, 3.8) is 0 Å².